The van der Waals surface area contributed by atoms with Gasteiger partial charge in [0, 0.05) is 26.2 Å². The SMILES string of the molecule is NC[C@H]1CN(c2ccc(N3CCNN(C(N)=O)CC3)c(F)c2)C(=O)O1. The average molecular weight is 352 g/mol. The van der Waals surface area contributed by atoms with Gasteiger partial charge in [-0.05, 0) is 18.2 Å². The number of ether oxygens (including phenoxy) is 1. The molecule has 0 unspecified atom stereocenters. The van der Waals surface area contributed by atoms with Crippen LogP contribution >= 0.6 is 0 Å². The van der Waals surface area contributed by atoms with Crippen molar-refractivity contribution < 1.29 is 18.7 Å². The summed E-state index contributed by atoms with van der Waals surface area (Å²) in [6, 6.07) is 4.02. The largest absolute Gasteiger partial charge is 0.443 e. The number of nitrogens with two attached hydrogens (primary N) is 2. The van der Waals surface area contributed by atoms with Crippen molar-refractivity contribution in [3.63, 3.8) is 0 Å². The van der Waals surface area contributed by atoms with E-state index >= 15 is 0 Å². The van der Waals surface area contributed by atoms with Crippen molar-refractivity contribution >= 4 is 23.5 Å². The summed E-state index contributed by atoms with van der Waals surface area (Å²) in [6.07, 6.45) is -0.912. The highest BCUT2D eigenvalue weighted by atomic mass is 19.1. The van der Waals surface area contributed by atoms with Crippen LogP contribution in [0.25, 0.3) is 0 Å². The molecule has 0 aliphatic carbocycles. The number of carbonyl (C=O) groups excluding carboxylic acids is 2. The maximum atomic E-state index is 14.6. The Hall–Kier alpha value is -2.59. The van der Waals surface area contributed by atoms with Gasteiger partial charge in [0.25, 0.3) is 0 Å². The summed E-state index contributed by atoms with van der Waals surface area (Å²) in [4.78, 5) is 26.3. The van der Waals surface area contributed by atoms with Gasteiger partial charge in [0.05, 0.1) is 24.5 Å². The van der Waals surface area contributed by atoms with Crippen molar-refractivity contribution in [2.24, 2.45) is 11.5 Å². The standard InChI is InChI=1S/C15H21FN6O3/c16-12-7-10(21-9-11(8-17)25-15(21)24)1-2-13(12)20-4-3-19-22(6-5-20)14(18)23/h1-2,7,11,19H,3-6,8-9,17H2,(H2,18,23)/t11-/m0/s1. The predicted octanol–water partition coefficient (Wildman–Crippen LogP) is -0.185. The van der Waals surface area contributed by atoms with E-state index in [1.807, 2.05) is 4.90 Å². The van der Waals surface area contributed by atoms with Crippen molar-refractivity contribution in [1.82, 2.24) is 10.4 Å². The number of carbonyl (C=O) groups is 2. The normalized spacial score (nSPS) is 21.3. The molecule has 1 aromatic rings. The quantitative estimate of drug-likeness (QED) is 0.694. The van der Waals surface area contributed by atoms with Crippen LogP contribution in [0.3, 0.4) is 0 Å². The van der Waals surface area contributed by atoms with Crippen molar-refractivity contribution in [3.8, 4) is 0 Å². The van der Waals surface area contributed by atoms with E-state index in [1.165, 1.54) is 16.0 Å². The van der Waals surface area contributed by atoms with Gasteiger partial charge < -0.3 is 21.1 Å². The van der Waals surface area contributed by atoms with Gasteiger partial charge >= 0.3 is 12.1 Å². The van der Waals surface area contributed by atoms with Gasteiger partial charge in [-0.1, -0.05) is 0 Å². The van der Waals surface area contributed by atoms with Crippen LogP contribution in [0.1, 0.15) is 0 Å². The lowest BCUT2D eigenvalue weighted by Crippen LogP contribution is -2.46. The lowest BCUT2D eigenvalue weighted by atomic mass is 10.2. The van der Waals surface area contributed by atoms with Gasteiger partial charge in [0.2, 0.25) is 0 Å². The lowest BCUT2D eigenvalue weighted by molar-refractivity contribution is 0.145. The topological polar surface area (TPSA) is 117 Å². The number of urea groups is 1. The monoisotopic (exact) mass is 352 g/mol. The first-order valence-corrected chi connectivity index (χ1v) is 8.03. The summed E-state index contributed by atoms with van der Waals surface area (Å²) < 4.78 is 19.7. The van der Waals surface area contributed by atoms with Gasteiger partial charge in [-0.15, -0.1) is 0 Å². The van der Waals surface area contributed by atoms with Crippen LogP contribution in [-0.4, -0.2) is 62.5 Å². The summed E-state index contributed by atoms with van der Waals surface area (Å²) >= 11 is 0. The molecule has 0 bridgehead atoms. The van der Waals surface area contributed by atoms with Gasteiger partial charge in [-0.3, -0.25) is 9.91 Å². The zero-order chi connectivity index (χ0) is 18.0. The number of hydrazine groups is 1. The van der Waals surface area contributed by atoms with Gasteiger partial charge in [-0.2, -0.15) is 0 Å². The molecule has 2 fully saturated rings. The predicted molar refractivity (Wildman–Crippen MR) is 89.6 cm³/mol. The van der Waals surface area contributed by atoms with Crippen LogP contribution in [0.4, 0.5) is 25.4 Å². The highest BCUT2D eigenvalue weighted by Crippen LogP contribution is 2.28. The van der Waals surface area contributed by atoms with Crippen LogP contribution < -0.4 is 26.7 Å². The smallest absolute Gasteiger partial charge is 0.414 e. The molecular weight excluding hydrogens is 331 g/mol. The van der Waals surface area contributed by atoms with Crippen molar-refractivity contribution in [3.05, 3.63) is 24.0 Å². The number of anilines is 2. The lowest BCUT2D eigenvalue weighted by Gasteiger charge is -2.24. The maximum Gasteiger partial charge on any atom is 0.414 e. The third kappa shape index (κ3) is 3.59. The number of benzene rings is 1. The minimum Gasteiger partial charge on any atom is -0.443 e. The summed E-state index contributed by atoms with van der Waals surface area (Å²) in [5.74, 6) is -0.450. The fourth-order valence-corrected chi connectivity index (χ4v) is 2.94. The molecule has 9 nitrogen and oxygen atoms in total. The number of amides is 3. The minimum absolute atomic E-state index is 0.222. The molecule has 1 aromatic carbocycles. The number of cyclic esters (lactones) is 1. The highest BCUT2D eigenvalue weighted by molar-refractivity contribution is 5.90. The van der Waals surface area contributed by atoms with Crippen molar-refractivity contribution in [2.45, 2.75) is 6.10 Å². The van der Waals surface area contributed by atoms with E-state index in [4.69, 9.17) is 16.2 Å². The first kappa shape index (κ1) is 17.2. The van der Waals surface area contributed by atoms with Gasteiger partial charge in [0.1, 0.15) is 11.9 Å². The third-order valence-corrected chi connectivity index (χ3v) is 4.26. The molecule has 10 heteroatoms. The second-order valence-electron chi connectivity index (χ2n) is 5.87. The van der Waals surface area contributed by atoms with E-state index in [0.717, 1.165) is 0 Å². The Kier molecular flexibility index (Phi) is 4.91. The second-order valence-corrected chi connectivity index (χ2v) is 5.87. The molecule has 5 N–H and O–H groups in total. The molecule has 0 aromatic heterocycles. The molecule has 2 aliphatic heterocycles. The maximum absolute atomic E-state index is 14.6. The Labute approximate surface area is 144 Å². The summed E-state index contributed by atoms with van der Waals surface area (Å²) in [5.41, 5.74) is 14.5. The van der Waals surface area contributed by atoms with E-state index in [-0.39, 0.29) is 12.6 Å². The first-order chi connectivity index (χ1) is 12.0. The van der Waals surface area contributed by atoms with E-state index in [0.29, 0.717) is 44.1 Å². The summed E-state index contributed by atoms with van der Waals surface area (Å²) in [7, 11) is 0. The van der Waals surface area contributed by atoms with E-state index in [1.54, 1.807) is 12.1 Å². The van der Waals surface area contributed by atoms with Crippen molar-refractivity contribution in [2.75, 3.05) is 49.1 Å². The fraction of sp³-hybridized carbons (Fsp3) is 0.467. The molecule has 25 heavy (non-hydrogen) atoms. The molecule has 2 saturated heterocycles. The molecule has 2 heterocycles. The second kappa shape index (κ2) is 7.11. The number of nitrogens with zero attached hydrogens (tertiary/aromatic N) is 3. The van der Waals surface area contributed by atoms with E-state index in [9.17, 15) is 14.0 Å². The Morgan fingerprint density at radius 3 is 2.80 bits per heavy atom. The Morgan fingerprint density at radius 2 is 2.16 bits per heavy atom. The number of primary amides is 1. The zero-order valence-electron chi connectivity index (χ0n) is 13.7. The van der Waals surface area contributed by atoms with E-state index < -0.39 is 17.9 Å². The molecule has 1 atom stereocenters. The molecule has 0 saturated carbocycles. The number of rotatable bonds is 3. The van der Waals surface area contributed by atoms with Crippen LogP contribution in [0.5, 0.6) is 0 Å². The molecule has 136 valence electrons. The average Bonchev–Trinajstić information content (AvgIpc) is 2.80. The number of hydrogen-bond acceptors (Lipinski definition) is 6. The minimum atomic E-state index is -0.570. The highest BCUT2D eigenvalue weighted by Gasteiger charge is 2.32. The number of halogens is 1. The third-order valence-electron chi connectivity index (χ3n) is 4.26. The molecular formula is C15H21FN6O3. The molecule has 2 aliphatic rings. The Balaban J connectivity index is 1.74. The molecule has 3 amide bonds. The van der Waals surface area contributed by atoms with Crippen LogP contribution in [0.15, 0.2) is 18.2 Å². The summed E-state index contributed by atoms with van der Waals surface area (Å²) in [6.45, 7) is 2.28. The molecule has 3 rings (SSSR count). The zero-order valence-corrected chi connectivity index (χ0v) is 13.7. The van der Waals surface area contributed by atoms with Crippen LogP contribution in [-0.2, 0) is 4.74 Å². The summed E-state index contributed by atoms with van der Waals surface area (Å²) in [5, 5.41) is 1.31. The molecule has 0 radical (unpaired) electrons. The van der Waals surface area contributed by atoms with Crippen molar-refractivity contribution in [1.29, 1.82) is 0 Å². The van der Waals surface area contributed by atoms with Crippen LogP contribution in [0.2, 0.25) is 0 Å². The van der Waals surface area contributed by atoms with Gasteiger partial charge in [-0.25, -0.2) is 19.4 Å². The Bertz CT molecular complexity index is 673. The van der Waals surface area contributed by atoms with Gasteiger partial charge in [0.15, 0.2) is 0 Å². The number of nitrogens with one attached hydrogen (secondary N) is 1. The van der Waals surface area contributed by atoms with E-state index in [2.05, 4.69) is 5.43 Å². The fourth-order valence-electron chi connectivity index (χ4n) is 2.94. The Morgan fingerprint density at radius 1 is 1.36 bits per heavy atom. The number of hydrogen-bond donors (Lipinski definition) is 3. The molecule has 0 spiro atoms. The van der Waals surface area contributed by atoms with Crippen LogP contribution in [0, 0.1) is 5.82 Å². The first-order valence-electron chi connectivity index (χ1n) is 8.03.